The predicted molar refractivity (Wildman–Crippen MR) is 120 cm³/mol. The van der Waals surface area contributed by atoms with Crippen molar-refractivity contribution in [3.05, 3.63) is 36.4 Å². The van der Waals surface area contributed by atoms with Crippen LogP contribution < -0.4 is 10.2 Å². The van der Waals surface area contributed by atoms with Gasteiger partial charge in [-0.25, -0.2) is 4.79 Å². The van der Waals surface area contributed by atoms with Crippen LogP contribution in [0.15, 0.2) is 36.4 Å². The minimum Gasteiger partial charge on any atom is -0.451 e. The van der Waals surface area contributed by atoms with Crippen molar-refractivity contribution in [3.8, 4) is 0 Å². The number of fused-ring (bicyclic) bond motifs is 1. The maximum absolute atomic E-state index is 12.7. The zero-order valence-electron chi connectivity index (χ0n) is 18.9. The van der Waals surface area contributed by atoms with Crippen molar-refractivity contribution in [1.82, 2.24) is 4.90 Å². The van der Waals surface area contributed by atoms with Gasteiger partial charge in [-0.2, -0.15) is 0 Å². The van der Waals surface area contributed by atoms with E-state index in [0.29, 0.717) is 31.7 Å². The summed E-state index contributed by atoms with van der Waals surface area (Å²) in [6.07, 6.45) is 3.68. The number of benzene rings is 1. The quantitative estimate of drug-likeness (QED) is 0.396. The standard InChI is InChI=1S/C24H29N3O6/c1-15(27-22(29)19-5-3-4-6-20(19)23(27)30)24(31)33-16(2)21(28)25-17-7-9-18(10-8-17)26-11-13-32-14-12-26/h3-4,7-10,15-16,19-20H,5-6,11-14H2,1-2H3,(H,25,28)/t15-,16-,19-,20-/m0/s1. The van der Waals surface area contributed by atoms with E-state index in [4.69, 9.17) is 9.47 Å². The van der Waals surface area contributed by atoms with Crippen LogP contribution in [-0.2, 0) is 28.7 Å². The molecule has 9 heteroatoms. The Morgan fingerprint density at radius 1 is 1.00 bits per heavy atom. The number of ether oxygens (including phenoxy) is 2. The number of imide groups is 1. The summed E-state index contributed by atoms with van der Waals surface area (Å²) in [5.74, 6) is -2.81. The Kier molecular flexibility index (Phi) is 6.78. The second-order valence-electron chi connectivity index (χ2n) is 8.59. The van der Waals surface area contributed by atoms with E-state index in [-0.39, 0.29) is 11.8 Å². The minimum atomic E-state index is -1.09. The van der Waals surface area contributed by atoms with Gasteiger partial charge in [-0.05, 0) is 51.0 Å². The molecule has 4 rings (SSSR count). The molecule has 0 unspecified atom stereocenters. The van der Waals surface area contributed by atoms with Gasteiger partial charge in [-0.15, -0.1) is 0 Å². The maximum Gasteiger partial charge on any atom is 0.329 e. The fourth-order valence-corrected chi connectivity index (χ4v) is 4.46. The maximum atomic E-state index is 12.7. The Balaban J connectivity index is 1.31. The highest BCUT2D eigenvalue weighted by Gasteiger charge is 2.50. The molecule has 0 radical (unpaired) electrons. The third-order valence-electron chi connectivity index (χ3n) is 6.44. The first-order valence-electron chi connectivity index (χ1n) is 11.3. The van der Waals surface area contributed by atoms with Crippen molar-refractivity contribution in [2.24, 2.45) is 11.8 Å². The van der Waals surface area contributed by atoms with E-state index < -0.39 is 35.9 Å². The summed E-state index contributed by atoms with van der Waals surface area (Å²) in [7, 11) is 0. The lowest BCUT2D eigenvalue weighted by molar-refractivity contribution is -0.163. The van der Waals surface area contributed by atoms with Crippen molar-refractivity contribution in [1.29, 1.82) is 0 Å². The third kappa shape index (κ3) is 4.78. The van der Waals surface area contributed by atoms with Crippen LogP contribution in [0.4, 0.5) is 11.4 Å². The molecule has 0 aromatic heterocycles. The summed E-state index contributed by atoms with van der Waals surface area (Å²) in [5.41, 5.74) is 1.62. The lowest BCUT2D eigenvalue weighted by Gasteiger charge is -2.29. The second kappa shape index (κ2) is 9.74. The first kappa shape index (κ1) is 23.0. The van der Waals surface area contributed by atoms with Gasteiger partial charge in [0.1, 0.15) is 6.04 Å². The van der Waals surface area contributed by atoms with Gasteiger partial charge in [-0.3, -0.25) is 19.3 Å². The van der Waals surface area contributed by atoms with E-state index in [2.05, 4.69) is 10.2 Å². The van der Waals surface area contributed by atoms with E-state index in [1.165, 1.54) is 13.8 Å². The van der Waals surface area contributed by atoms with Gasteiger partial charge in [0.2, 0.25) is 11.8 Å². The molecule has 1 N–H and O–H groups in total. The van der Waals surface area contributed by atoms with Gasteiger partial charge < -0.3 is 19.7 Å². The Morgan fingerprint density at radius 3 is 2.15 bits per heavy atom. The molecule has 4 atom stereocenters. The van der Waals surface area contributed by atoms with Crippen molar-refractivity contribution in [2.45, 2.75) is 38.8 Å². The van der Waals surface area contributed by atoms with Gasteiger partial charge in [0, 0.05) is 24.5 Å². The van der Waals surface area contributed by atoms with Crippen LogP contribution >= 0.6 is 0 Å². The van der Waals surface area contributed by atoms with Crippen molar-refractivity contribution < 1.29 is 28.7 Å². The summed E-state index contributed by atoms with van der Waals surface area (Å²) in [6.45, 7) is 5.92. The molecule has 0 saturated carbocycles. The topological polar surface area (TPSA) is 105 Å². The van der Waals surface area contributed by atoms with Gasteiger partial charge in [0.25, 0.3) is 5.91 Å². The molecule has 176 valence electrons. The average Bonchev–Trinajstić information content (AvgIpc) is 3.09. The number of carbonyl (C=O) groups is 4. The van der Waals surface area contributed by atoms with Gasteiger partial charge in [0.05, 0.1) is 25.0 Å². The van der Waals surface area contributed by atoms with Gasteiger partial charge in [0.15, 0.2) is 6.10 Å². The normalized spacial score (nSPS) is 24.3. The van der Waals surface area contributed by atoms with Crippen molar-refractivity contribution in [2.75, 3.05) is 36.5 Å². The lowest BCUT2D eigenvalue weighted by Crippen LogP contribution is -2.46. The van der Waals surface area contributed by atoms with Crippen LogP contribution in [0.2, 0.25) is 0 Å². The first-order valence-corrected chi connectivity index (χ1v) is 11.3. The zero-order chi connectivity index (χ0) is 23.5. The number of allylic oxidation sites excluding steroid dienone is 2. The zero-order valence-corrected chi connectivity index (χ0v) is 18.9. The lowest BCUT2D eigenvalue weighted by atomic mass is 9.85. The van der Waals surface area contributed by atoms with Crippen LogP contribution in [-0.4, -0.2) is 67.0 Å². The molecule has 1 aromatic rings. The van der Waals surface area contributed by atoms with E-state index in [0.717, 1.165) is 23.7 Å². The Bertz CT molecular complexity index is 927. The third-order valence-corrected chi connectivity index (χ3v) is 6.44. The summed E-state index contributed by atoms with van der Waals surface area (Å²) < 4.78 is 10.7. The molecule has 3 amide bonds. The summed E-state index contributed by atoms with van der Waals surface area (Å²) in [6, 6.07) is 6.32. The fourth-order valence-electron chi connectivity index (χ4n) is 4.46. The molecule has 0 bridgehead atoms. The number of nitrogens with one attached hydrogen (secondary N) is 1. The Hall–Kier alpha value is -3.20. The first-order chi connectivity index (χ1) is 15.9. The molecule has 3 aliphatic rings. The number of amides is 3. The molecule has 2 aliphatic heterocycles. The molecule has 9 nitrogen and oxygen atoms in total. The minimum absolute atomic E-state index is 0.351. The highest BCUT2D eigenvalue weighted by atomic mass is 16.5. The number of morpholine rings is 1. The number of carbonyl (C=O) groups excluding carboxylic acids is 4. The predicted octanol–water partition coefficient (Wildman–Crippen LogP) is 1.73. The highest BCUT2D eigenvalue weighted by Crippen LogP contribution is 2.36. The molecule has 0 spiro atoms. The van der Waals surface area contributed by atoms with Gasteiger partial charge >= 0.3 is 5.97 Å². The fraction of sp³-hybridized carbons (Fsp3) is 0.500. The van der Waals surface area contributed by atoms with Crippen LogP contribution in [0.5, 0.6) is 0 Å². The van der Waals surface area contributed by atoms with Crippen molar-refractivity contribution >= 4 is 35.1 Å². The molecular weight excluding hydrogens is 426 g/mol. The summed E-state index contributed by atoms with van der Waals surface area (Å²) >= 11 is 0. The van der Waals surface area contributed by atoms with Crippen LogP contribution in [0.1, 0.15) is 26.7 Å². The van der Waals surface area contributed by atoms with Crippen LogP contribution in [0, 0.1) is 11.8 Å². The largest absolute Gasteiger partial charge is 0.451 e. The van der Waals surface area contributed by atoms with E-state index >= 15 is 0 Å². The molecule has 2 saturated heterocycles. The molecule has 33 heavy (non-hydrogen) atoms. The molecule has 2 fully saturated rings. The molecule has 1 aromatic carbocycles. The number of rotatable bonds is 6. The van der Waals surface area contributed by atoms with E-state index in [9.17, 15) is 19.2 Å². The number of likely N-dealkylation sites (tertiary alicyclic amines) is 1. The number of hydrogen-bond donors (Lipinski definition) is 1. The second-order valence-corrected chi connectivity index (χ2v) is 8.59. The number of anilines is 2. The molecular formula is C24H29N3O6. The van der Waals surface area contributed by atoms with Crippen molar-refractivity contribution in [3.63, 3.8) is 0 Å². The molecule has 1 aliphatic carbocycles. The Morgan fingerprint density at radius 2 is 1.58 bits per heavy atom. The van der Waals surface area contributed by atoms with E-state index in [1.54, 1.807) is 12.1 Å². The van der Waals surface area contributed by atoms with Gasteiger partial charge in [-0.1, -0.05) is 12.2 Å². The summed E-state index contributed by atoms with van der Waals surface area (Å²) in [4.78, 5) is 53.7. The number of hydrogen-bond acceptors (Lipinski definition) is 7. The molecule has 2 heterocycles. The average molecular weight is 456 g/mol. The van der Waals surface area contributed by atoms with Crippen LogP contribution in [0.25, 0.3) is 0 Å². The monoisotopic (exact) mass is 455 g/mol. The van der Waals surface area contributed by atoms with Crippen LogP contribution in [0.3, 0.4) is 0 Å². The highest BCUT2D eigenvalue weighted by molar-refractivity contribution is 6.08. The Labute approximate surface area is 192 Å². The smallest absolute Gasteiger partial charge is 0.329 e. The number of esters is 1. The van der Waals surface area contributed by atoms with E-state index in [1.807, 2.05) is 24.3 Å². The SMILES string of the molecule is C[C@H](OC(=O)[C@H](C)N1C(=O)[C@H]2CC=CC[C@@H]2C1=O)C(=O)Nc1ccc(N2CCOCC2)cc1. The summed E-state index contributed by atoms with van der Waals surface area (Å²) in [5, 5.41) is 2.73. The number of nitrogens with zero attached hydrogens (tertiary/aromatic N) is 2.